The zero-order valence-corrected chi connectivity index (χ0v) is 15.3. The van der Waals surface area contributed by atoms with Crippen LogP contribution in [0.4, 0.5) is 5.13 Å². The lowest BCUT2D eigenvalue weighted by Gasteiger charge is -2.05. The topological polar surface area (TPSA) is 85.6 Å². The maximum atomic E-state index is 12.9. The Hall–Kier alpha value is -3.13. The maximum Gasteiger partial charge on any atom is 0.258 e. The number of pyridine rings is 2. The molecule has 0 saturated heterocycles. The highest BCUT2D eigenvalue weighted by Gasteiger charge is 2.18. The number of hydrogen-bond acceptors (Lipinski definition) is 6. The number of carbonyl (C=O) groups is 1. The fraction of sp³-hybridized carbons (Fsp3) is 0.167. The molecule has 4 aromatic heterocycles. The zero-order chi connectivity index (χ0) is 18.3. The van der Waals surface area contributed by atoms with Crippen molar-refractivity contribution in [3.05, 3.63) is 52.9 Å². The smallest absolute Gasteiger partial charge is 0.258 e. The van der Waals surface area contributed by atoms with Crippen molar-refractivity contribution in [2.24, 2.45) is 7.05 Å². The number of rotatable bonds is 3. The van der Waals surface area contributed by atoms with Gasteiger partial charge in [0.1, 0.15) is 0 Å². The Labute approximate surface area is 153 Å². The molecule has 4 aromatic rings. The largest absolute Gasteiger partial charge is 0.298 e. The lowest BCUT2D eigenvalue weighted by Crippen LogP contribution is -2.13. The second-order valence-electron chi connectivity index (χ2n) is 5.95. The SMILES string of the molecule is Cc1cc(C(=O)Nc2nc(-c3cccnc3)cs2)c2c(C)nn(C)c2n1. The standard InChI is InChI=1S/C18H16N6OS/c1-10-7-13(15-11(2)23-24(3)16(15)20-10)17(25)22-18-21-14(9-26-18)12-5-4-6-19-8-12/h4-9H,1-3H3,(H,21,22,25). The molecule has 26 heavy (non-hydrogen) atoms. The Kier molecular flexibility index (Phi) is 3.96. The molecule has 0 aromatic carbocycles. The van der Waals surface area contributed by atoms with Crippen LogP contribution in [0.5, 0.6) is 0 Å². The van der Waals surface area contributed by atoms with Crippen LogP contribution in [0.3, 0.4) is 0 Å². The first-order valence-electron chi connectivity index (χ1n) is 8.01. The normalized spacial score (nSPS) is 11.0. The van der Waals surface area contributed by atoms with E-state index in [1.165, 1.54) is 11.3 Å². The summed E-state index contributed by atoms with van der Waals surface area (Å²) in [6.45, 7) is 3.74. The summed E-state index contributed by atoms with van der Waals surface area (Å²) in [5.41, 5.74) is 4.48. The minimum atomic E-state index is -0.219. The molecular formula is C18H16N6OS. The van der Waals surface area contributed by atoms with Crippen molar-refractivity contribution in [3.63, 3.8) is 0 Å². The van der Waals surface area contributed by atoms with Gasteiger partial charge in [-0.05, 0) is 32.0 Å². The fourth-order valence-corrected chi connectivity index (χ4v) is 3.61. The molecule has 1 N–H and O–H groups in total. The number of aryl methyl sites for hydroxylation is 3. The molecule has 0 radical (unpaired) electrons. The fourth-order valence-electron chi connectivity index (χ4n) is 2.89. The number of thiazole rings is 1. The minimum Gasteiger partial charge on any atom is -0.298 e. The van der Waals surface area contributed by atoms with Crippen LogP contribution in [0.2, 0.25) is 0 Å². The third kappa shape index (κ3) is 2.84. The van der Waals surface area contributed by atoms with E-state index in [0.29, 0.717) is 16.3 Å². The summed E-state index contributed by atoms with van der Waals surface area (Å²) in [4.78, 5) is 25.9. The molecule has 1 amide bonds. The van der Waals surface area contributed by atoms with Gasteiger partial charge in [-0.3, -0.25) is 19.8 Å². The second kappa shape index (κ2) is 6.30. The number of fused-ring (bicyclic) bond motifs is 1. The summed E-state index contributed by atoms with van der Waals surface area (Å²) in [6, 6.07) is 5.57. The van der Waals surface area contributed by atoms with E-state index in [9.17, 15) is 4.79 Å². The predicted molar refractivity (Wildman–Crippen MR) is 101 cm³/mol. The Morgan fingerprint density at radius 2 is 2.12 bits per heavy atom. The van der Waals surface area contributed by atoms with E-state index < -0.39 is 0 Å². The Morgan fingerprint density at radius 1 is 1.27 bits per heavy atom. The molecule has 0 fully saturated rings. The Bertz CT molecular complexity index is 1120. The number of aromatic nitrogens is 5. The van der Waals surface area contributed by atoms with Gasteiger partial charge in [0, 0.05) is 36.1 Å². The molecule has 0 aliphatic heterocycles. The van der Waals surface area contributed by atoms with Gasteiger partial charge in [0.25, 0.3) is 5.91 Å². The molecule has 8 heteroatoms. The summed E-state index contributed by atoms with van der Waals surface area (Å²) in [5, 5.41) is 10.5. The van der Waals surface area contributed by atoms with Gasteiger partial charge in [0.15, 0.2) is 10.8 Å². The van der Waals surface area contributed by atoms with Gasteiger partial charge in [-0.2, -0.15) is 5.10 Å². The molecule has 0 saturated carbocycles. The van der Waals surface area contributed by atoms with Gasteiger partial charge in [-0.1, -0.05) is 0 Å². The van der Waals surface area contributed by atoms with Gasteiger partial charge in [0.05, 0.1) is 22.3 Å². The van der Waals surface area contributed by atoms with Gasteiger partial charge in [-0.25, -0.2) is 9.97 Å². The van der Waals surface area contributed by atoms with Crippen LogP contribution in [0.1, 0.15) is 21.7 Å². The van der Waals surface area contributed by atoms with E-state index in [-0.39, 0.29) is 5.91 Å². The van der Waals surface area contributed by atoms with Crippen molar-refractivity contribution in [2.45, 2.75) is 13.8 Å². The van der Waals surface area contributed by atoms with E-state index in [1.807, 2.05) is 38.4 Å². The summed E-state index contributed by atoms with van der Waals surface area (Å²) < 4.78 is 1.69. The van der Waals surface area contributed by atoms with Gasteiger partial charge < -0.3 is 0 Å². The molecule has 0 unspecified atom stereocenters. The average Bonchev–Trinajstić information content (AvgIpc) is 3.20. The summed E-state index contributed by atoms with van der Waals surface area (Å²) in [7, 11) is 1.82. The van der Waals surface area contributed by atoms with Gasteiger partial charge >= 0.3 is 0 Å². The number of hydrogen-bond donors (Lipinski definition) is 1. The monoisotopic (exact) mass is 364 g/mol. The quantitative estimate of drug-likeness (QED) is 0.602. The first-order chi connectivity index (χ1) is 12.5. The Balaban J connectivity index is 1.68. The van der Waals surface area contributed by atoms with E-state index >= 15 is 0 Å². The minimum absolute atomic E-state index is 0.219. The van der Waals surface area contributed by atoms with Gasteiger partial charge in [-0.15, -0.1) is 11.3 Å². The molecule has 4 rings (SSSR count). The van der Waals surface area contributed by atoms with Crippen LogP contribution in [-0.4, -0.2) is 30.6 Å². The van der Waals surface area contributed by atoms with Gasteiger partial charge in [0.2, 0.25) is 0 Å². The molecule has 0 aliphatic carbocycles. The van der Waals surface area contributed by atoms with Crippen LogP contribution in [0.25, 0.3) is 22.3 Å². The van der Waals surface area contributed by atoms with E-state index in [1.54, 1.807) is 23.1 Å². The van der Waals surface area contributed by atoms with Crippen LogP contribution in [0, 0.1) is 13.8 Å². The lowest BCUT2D eigenvalue weighted by molar-refractivity contribution is 0.102. The second-order valence-corrected chi connectivity index (χ2v) is 6.81. The number of carbonyl (C=O) groups excluding carboxylic acids is 1. The van der Waals surface area contributed by atoms with Crippen LogP contribution < -0.4 is 5.32 Å². The summed E-state index contributed by atoms with van der Waals surface area (Å²) >= 11 is 1.38. The first-order valence-corrected chi connectivity index (χ1v) is 8.89. The molecule has 4 heterocycles. The predicted octanol–water partition coefficient (Wildman–Crippen LogP) is 3.36. The van der Waals surface area contributed by atoms with Crippen molar-refractivity contribution in [3.8, 4) is 11.3 Å². The first kappa shape index (κ1) is 16.3. The van der Waals surface area contributed by atoms with Crippen LogP contribution >= 0.6 is 11.3 Å². The highest BCUT2D eigenvalue weighted by atomic mass is 32.1. The van der Waals surface area contributed by atoms with Crippen molar-refractivity contribution in [2.75, 3.05) is 5.32 Å². The van der Waals surface area contributed by atoms with Crippen molar-refractivity contribution < 1.29 is 4.79 Å². The number of nitrogens with zero attached hydrogens (tertiary/aromatic N) is 5. The molecule has 0 bridgehead atoms. The molecule has 130 valence electrons. The molecular weight excluding hydrogens is 348 g/mol. The molecule has 0 spiro atoms. The van der Waals surface area contributed by atoms with E-state index in [4.69, 9.17) is 0 Å². The number of anilines is 1. The molecule has 0 aliphatic rings. The molecule has 7 nitrogen and oxygen atoms in total. The lowest BCUT2D eigenvalue weighted by atomic mass is 10.1. The molecule has 0 atom stereocenters. The summed E-state index contributed by atoms with van der Waals surface area (Å²) in [5.74, 6) is -0.219. The van der Waals surface area contributed by atoms with E-state index in [0.717, 1.165) is 28.0 Å². The highest BCUT2D eigenvalue weighted by molar-refractivity contribution is 7.14. The number of amides is 1. The third-order valence-electron chi connectivity index (χ3n) is 4.02. The summed E-state index contributed by atoms with van der Waals surface area (Å²) in [6.07, 6.45) is 3.46. The van der Waals surface area contributed by atoms with Crippen LogP contribution in [0.15, 0.2) is 36.0 Å². The van der Waals surface area contributed by atoms with Crippen LogP contribution in [-0.2, 0) is 7.05 Å². The maximum absolute atomic E-state index is 12.9. The van der Waals surface area contributed by atoms with E-state index in [2.05, 4.69) is 25.4 Å². The highest BCUT2D eigenvalue weighted by Crippen LogP contribution is 2.26. The van der Waals surface area contributed by atoms with Crippen molar-refractivity contribution in [1.29, 1.82) is 0 Å². The average molecular weight is 364 g/mol. The van der Waals surface area contributed by atoms with Crippen molar-refractivity contribution in [1.82, 2.24) is 24.7 Å². The van der Waals surface area contributed by atoms with Crippen molar-refractivity contribution >= 4 is 33.4 Å². The Morgan fingerprint density at radius 3 is 2.88 bits per heavy atom. The number of nitrogens with one attached hydrogen (secondary N) is 1. The third-order valence-corrected chi connectivity index (χ3v) is 4.78. The zero-order valence-electron chi connectivity index (χ0n) is 14.5.